The van der Waals surface area contributed by atoms with Gasteiger partial charge in [-0.15, -0.1) is 0 Å². The average Bonchev–Trinajstić information content (AvgIpc) is 2.50. The van der Waals surface area contributed by atoms with Crippen LogP contribution in [0.4, 0.5) is 4.79 Å². The van der Waals surface area contributed by atoms with Crippen LogP contribution in [0, 0.1) is 11.3 Å². The van der Waals surface area contributed by atoms with Gasteiger partial charge in [0.2, 0.25) is 0 Å². The highest BCUT2D eigenvalue weighted by atomic mass is 79.9. The van der Waals surface area contributed by atoms with Gasteiger partial charge in [0.25, 0.3) is 0 Å². The first kappa shape index (κ1) is 16.1. The Morgan fingerprint density at radius 1 is 1.62 bits per heavy atom. The third-order valence-electron chi connectivity index (χ3n) is 3.18. The van der Waals surface area contributed by atoms with E-state index in [2.05, 4.69) is 21.2 Å². The number of nitrogens with one attached hydrogen (secondary N) is 1. The Hall–Kier alpha value is -1.29. The lowest BCUT2D eigenvalue weighted by Gasteiger charge is -2.29. The molecule has 0 bridgehead atoms. The van der Waals surface area contributed by atoms with Crippen LogP contribution in [0.15, 0.2) is 22.7 Å². The Bertz CT molecular complexity index is 562. The van der Waals surface area contributed by atoms with Gasteiger partial charge in [-0.25, -0.2) is 4.79 Å². The minimum absolute atomic E-state index is 0.170. The summed E-state index contributed by atoms with van der Waals surface area (Å²) >= 11 is 9.41. The lowest BCUT2D eigenvalue weighted by molar-refractivity contribution is 0.0158. The van der Waals surface area contributed by atoms with Crippen molar-refractivity contribution in [3.8, 4) is 6.07 Å². The summed E-state index contributed by atoms with van der Waals surface area (Å²) in [7, 11) is 0. The van der Waals surface area contributed by atoms with Crippen LogP contribution in [0.3, 0.4) is 0 Å². The number of nitriles is 1. The second-order valence-corrected chi connectivity index (χ2v) is 5.94. The monoisotopic (exact) mass is 371 g/mol. The summed E-state index contributed by atoms with van der Waals surface area (Å²) in [5.41, 5.74) is 1.04. The molecule has 1 aliphatic rings. The number of carbonyl (C=O) groups excluding carboxylic acids is 1. The van der Waals surface area contributed by atoms with Gasteiger partial charge >= 0.3 is 6.03 Å². The van der Waals surface area contributed by atoms with Crippen LogP contribution in [0.25, 0.3) is 0 Å². The predicted octanol–water partition coefficient (Wildman–Crippen LogP) is 2.58. The van der Waals surface area contributed by atoms with Crippen molar-refractivity contribution in [2.45, 2.75) is 12.5 Å². The van der Waals surface area contributed by atoms with E-state index in [0.717, 1.165) is 10.0 Å². The number of rotatable bonds is 3. The van der Waals surface area contributed by atoms with Gasteiger partial charge in [-0.05, 0) is 30.2 Å². The lowest BCUT2D eigenvalue weighted by atomic mass is 10.1. The molecule has 0 aliphatic carbocycles. The normalized spacial score (nSPS) is 18.1. The molecule has 1 aromatic rings. The molecule has 0 aromatic heterocycles. The van der Waals surface area contributed by atoms with Gasteiger partial charge in [-0.1, -0.05) is 27.5 Å². The molecule has 1 N–H and O–H groups in total. The average molecular weight is 373 g/mol. The molecule has 112 valence electrons. The summed E-state index contributed by atoms with van der Waals surface area (Å²) in [6.07, 6.45) is 0.144. The summed E-state index contributed by atoms with van der Waals surface area (Å²) in [4.78, 5) is 13.6. The molecule has 1 aromatic carbocycles. The van der Waals surface area contributed by atoms with Gasteiger partial charge in [-0.3, -0.25) is 0 Å². The zero-order valence-corrected chi connectivity index (χ0v) is 13.7. The van der Waals surface area contributed by atoms with Crippen molar-refractivity contribution in [2.24, 2.45) is 0 Å². The predicted molar refractivity (Wildman–Crippen MR) is 83.2 cm³/mol. The fraction of sp³-hybridized carbons (Fsp3) is 0.429. The van der Waals surface area contributed by atoms with Crippen molar-refractivity contribution in [3.63, 3.8) is 0 Å². The Labute approximate surface area is 136 Å². The summed E-state index contributed by atoms with van der Waals surface area (Å²) in [6, 6.07) is 7.42. The number of nitrogens with zero attached hydrogens (tertiary/aromatic N) is 2. The molecule has 1 atom stereocenters. The Kier molecular flexibility index (Phi) is 5.85. The molecule has 1 saturated heterocycles. The quantitative estimate of drug-likeness (QED) is 0.887. The first-order valence-electron chi connectivity index (χ1n) is 6.58. The summed E-state index contributed by atoms with van der Waals surface area (Å²) in [6.45, 7) is 1.71. The van der Waals surface area contributed by atoms with Crippen molar-refractivity contribution in [3.05, 3.63) is 33.3 Å². The number of hydrogen-bond acceptors (Lipinski definition) is 3. The van der Waals surface area contributed by atoms with Crippen LogP contribution < -0.4 is 5.32 Å². The largest absolute Gasteiger partial charge is 0.360 e. The van der Waals surface area contributed by atoms with E-state index in [1.54, 1.807) is 4.90 Å². The fourth-order valence-electron chi connectivity index (χ4n) is 2.06. The smallest absolute Gasteiger partial charge is 0.317 e. The molecule has 1 unspecified atom stereocenters. The van der Waals surface area contributed by atoms with E-state index in [1.165, 1.54) is 0 Å². The van der Waals surface area contributed by atoms with E-state index in [1.807, 2.05) is 24.3 Å². The summed E-state index contributed by atoms with van der Waals surface area (Å²) in [5, 5.41) is 12.3. The fourth-order valence-corrected chi connectivity index (χ4v) is 2.70. The number of benzene rings is 1. The molecular formula is C14H15BrClN3O2. The lowest BCUT2D eigenvalue weighted by Crippen LogP contribution is -2.49. The van der Waals surface area contributed by atoms with Crippen LogP contribution in [-0.2, 0) is 11.2 Å². The summed E-state index contributed by atoms with van der Waals surface area (Å²) in [5.74, 6) is 0. The second kappa shape index (κ2) is 7.64. The first-order chi connectivity index (χ1) is 10.1. The van der Waals surface area contributed by atoms with Gasteiger partial charge in [0, 0.05) is 22.6 Å². The number of carbonyl (C=O) groups is 1. The standard InChI is InChI=1S/C14H15BrClN3O2/c15-13-2-1-11(16)7-10(13)3-4-18-14(20)19-5-6-21-12(8-17)9-19/h1-2,7,12H,3-6,9H2,(H,18,20). The Morgan fingerprint density at radius 3 is 3.19 bits per heavy atom. The minimum Gasteiger partial charge on any atom is -0.360 e. The number of ether oxygens (including phenoxy) is 1. The first-order valence-corrected chi connectivity index (χ1v) is 7.75. The molecule has 0 spiro atoms. The maximum atomic E-state index is 12.0. The minimum atomic E-state index is -0.536. The molecule has 1 heterocycles. The van der Waals surface area contributed by atoms with Gasteiger partial charge in [-0.2, -0.15) is 5.26 Å². The van der Waals surface area contributed by atoms with Crippen LogP contribution in [0.5, 0.6) is 0 Å². The van der Waals surface area contributed by atoms with Crippen LogP contribution in [0.1, 0.15) is 5.56 Å². The van der Waals surface area contributed by atoms with Crippen molar-refractivity contribution in [1.29, 1.82) is 5.26 Å². The molecule has 1 aliphatic heterocycles. The highest BCUT2D eigenvalue weighted by Crippen LogP contribution is 2.21. The maximum Gasteiger partial charge on any atom is 0.317 e. The highest BCUT2D eigenvalue weighted by molar-refractivity contribution is 9.10. The number of urea groups is 1. The van der Waals surface area contributed by atoms with Crippen molar-refractivity contribution in [2.75, 3.05) is 26.2 Å². The topological polar surface area (TPSA) is 65.4 Å². The molecular weight excluding hydrogens is 358 g/mol. The van der Waals surface area contributed by atoms with E-state index in [9.17, 15) is 4.79 Å². The van der Waals surface area contributed by atoms with E-state index < -0.39 is 6.10 Å². The van der Waals surface area contributed by atoms with Gasteiger partial charge in [0.05, 0.1) is 19.2 Å². The summed E-state index contributed by atoms with van der Waals surface area (Å²) < 4.78 is 6.18. The van der Waals surface area contributed by atoms with Crippen LogP contribution >= 0.6 is 27.5 Å². The van der Waals surface area contributed by atoms with Crippen LogP contribution in [0.2, 0.25) is 5.02 Å². The van der Waals surface area contributed by atoms with E-state index in [0.29, 0.717) is 37.7 Å². The van der Waals surface area contributed by atoms with Crippen molar-refractivity contribution < 1.29 is 9.53 Å². The molecule has 7 heteroatoms. The van der Waals surface area contributed by atoms with E-state index in [-0.39, 0.29) is 6.03 Å². The Morgan fingerprint density at radius 2 is 2.43 bits per heavy atom. The number of morpholine rings is 1. The molecule has 21 heavy (non-hydrogen) atoms. The molecule has 5 nitrogen and oxygen atoms in total. The molecule has 2 rings (SSSR count). The maximum absolute atomic E-state index is 12.0. The van der Waals surface area contributed by atoms with Gasteiger partial charge in [0.1, 0.15) is 0 Å². The zero-order chi connectivity index (χ0) is 15.2. The number of amides is 2. The second-order valence-electron chi connectivity index (χ2n) is 4.65. The molecule has 2 amide bonds. The Balaban J connectivity index is 1.81. The number of halogens is 2. The molecule has 1 fully saturated rings. The third kappa shape index (κ3) is 4.60. The van der Waals surface area contributed by atoms with Crippen molar-refractivity contribution in [1.82, 2.24) is 10.2 Å². The SMILES string of the molecule is N#CC1CN(C(=O)NCCc2cc(Cl)ccc2Br)CCO1. The third-order valence-corrected chi connectivity index (χ3v) is 4.18. The van der Waals surface area contributed by atoms with Crippen LogP contribution in [-0.4, -0.2) is 43.3 Å². The zero-order valence-electron chi connectivity index (χ0n) is 11.3. The number of hydrogen-bond donors (Lipinski definition) is 1. The highest BCUT2D eigenvalue weighted by Gasteiger charge is 2.23. The van der Waals surface area contributed by atoms with E-state index in [4.69, 9.17) is 21.6 Å². The van der Waals surface area contributed by atoms with Crippen molar-refractivity contribution >= 4 is 33.6 Å². The van der Waals surface area contributed by atoms with Gasteiger partial charge in [0.15, 0.2) is 6.10 Å². The molecule has 0 radical (unpaired) electrons. The van der Waals surface area contributed by atoms with E-state index >= 15 is 0 Å². The molecule has 0 saturated carbocycles. The van der Waals surface area contributed by atoms with Gasteiger partial charge < -0.3 is 15.0 Å².